The molecule has 2 aromatic heterocycles. The summed E-state index contributed by atoms with van der Waals surface area (Å²) >= 11 is 0. The molecule has 3 heterocycles. The molecular formula is C15H22N4O3. The number of hydrogen-bond donors (Lipinski definition) is 1. The van der Waals surface area contributed by atoms with Crippen molar-refractivity contribution >= 4 is 5.65 Å². The fourth-order valence-corrected chi connectivity index (χ4v) is 2.82. The second kappa shape index (κ2) is 6.60. The molecule has 0 aliphatic carbocycles. The van der Waals surface area contributed by atoms with Crippen LogP contribution in [0.4, 0.5) is 0 Å². The molecule has 1 atom stereocenters. The fraction of sp³-hybridized carbons (Fsp3) is 0.600. The molecule has 2 aromatic rings. The lowest BCUT2D eigenvalue weighted by Gasteiger charge is -2.32. The van der Waals surface area contributed by atoms with Crippen LogP contribution in [0.1, 0.15) is 17.8 Å². The highest BCUT2D eigenvalue weighted by atomic mass is 16.5. The number of fused-ring (bicyclic) bond motifs is 1. The van der Waals surface area contributed by atoms with Gasteiger partial charge in [0.15, 0.2) is 5.65 Å². The van der Waals surface area contributed by atoms with Crippen molar-refractivity contribution in [1.82, 2.24) is 19.5 Å². The van der Waals surface area contributed by atoms with Crippen LogP contribution in [0.3, 0.4) is 0 Å². The van der Waals surface area contributed by atoms with E-state index in [0.717, 1.165) is 30.9 Å². The van der Waals surface area contributed by atoms with E-state index in [9.17, 15) is 4.79 Å². The van der Waals surface area contributed by atoms with Crippen LogP contribution < -0.4 is 5.56 Å². The Morgan fingerprint density at radius 1 is 1.50 bits per heavy atom. The maximum atomic E-state index is 12.1. The lowest BCUT2D eigenvalue weighted by atomic mass is 10.2. The minimum atomic E-state index is -0.0720. The van der Waals surface area contributed by atoms with Gasteiger partial charge < -0.3 is 9.47 Å². The molecule has 0 bridgehead atoms. The summed E-state index contributed by atoms with van der Waals surface area (Å²) in [6.45, 7) is 5.69. The molecule has 1 saturated heterocycles. The zero-order chi connectivity index (χ0) is 15.5. The molecule has 1 aliphatic rings. The molecule has 1 aliphatic heterocycles. The number of aromatic amines is 1. The molecule has 7 nitrogen and oxygen atoms in total. The standard InChI is InChI=1S/C15H22N4O3/c1-11-7-14-16-12(8-15(20)19(14)17-11)9-18-4-6-22-13(10-18)3-5-21-2/h7-8,13,17H,3-6,9-10H2,1-2H3/t13-/m1/s1. The normalized spacial score (nSPS) is 19.8. The molecule has 7 heteroatoms. The van der Waals surface area contributed by atoms with Crippen molar-refractivity contribution in [2.45, 2.75) is 26.0 Å². The SMILES string of the molecule is COCC[C@@H]1CN(Cc2cc(=O)n3[nH]c(C)cc3n2)CCO1. The molecule has 1 fully saturated rings. The number of morpholine rings is 1. The van der Waals surface area contributed by atoms with Gasteiger partial charge in [-0.05, 0) is 13.3 Å². The van der Waals surface area contributed by atoms with E-state index in [0.29, 0.717) is 25.4 Å². The maximum absolute atomic E-state index is 12.1. The minimum Gasteiger partial charge on any atom is -0.385 e. The van der Waals surface area contributed by atoms with Crippen molar-refractivity contribution in [3.8, 4) is 0 Å². The topological polar surface area (TPSA) is 71.9 Å². The molecular weight excluding hydrogens is 284 g/mol. The predicted molar refractivity (Wildman–Crippen MR) is 82.1 cm³/mol. The van der Waals surface area contributed by atoms with Crippen LogP contribution >= 0.6 is 0 Å². The summed E-state index contributed by atoms with van der Waals surface area (Å²) in [6, 6.07) is 3.48. The molecule has 0 saturated carbocycles. The Kier molecular flexibility index (Phi) is 4.56. The number of hydrogen-bond acceptors (Lipinski definition) is 5. The van der Waals surface area contributed by atoms with Crippen LogP contribution in [0.25, 0.3) is 5.65 Å². The van der Waals surface area contributed by atoms with Crippen LogP contribution in [-0.2, 0) is 16.0 Å². The summed E-state index contributed by atoms with van der Waals surface area (Å²) in [5.41, 5.74) is 2.32. The van der Waals surface area contributed by atoms with E-state index in [1.165, 1.54) is 4.52 Å². The number of aryl methyl sites for hydroxylation is 1. The Labute approximate surface area is 128 Å². The van der Waals surface area contributed by atoms with E-state index in [1.807, 2.05) is 13.0 Å². The van der Waals surface area contributed by atoms with Crippen LogP contribution in [0.2, 0.25) is 0 Å². The average molecular weight is 306 g/mol. The Morgan fingerprint density at radius 2 is 2.36 bits per heavy atom. The Hall–Kier alpha value is -1.70. The Balaban J connectivity index is 1.71. The molecule has 0 unspecified atom stereocenters. The predicted octanol–water partition coefficient (Wildman–Crippen LogP) is 0.568. The van der Waals surface area contributed by atoms with Gasteiger partial charge in [-0.2, -0.15) is 0 Å². The van der Waals surface area contributed by atoms with Gasteiger partial charge in [0.1, 0.15) is 0 Å². The third kappa shape index (κ3) is 3.37. The van der Waals surface area contributed by atoms with E-state index in [-0.39, 0.29) is 11.7 Å². The lowest BCUT2D eigenvalue weighted by molar-refractivity contribution is -0.0435. The smallest absolute Gasteiger partial charge is 0.272 e. The van der Waals surface area contributed by atoms with E-state index >= 15 is 0 Å². The van der Waals surface area contributed by atoms with Gasteiger partial charge in [-0.15, -0.1) is 0 Å². The van der Waals surface area contributed by atoms with Crippen molar-refractivity contribution in [2.24, 2.45) is 0 Å². The summed E-state index contributed by atoms with van der Waals surface area (Å²) in [5, 5.41) is 2.98. The van der Waals surface area contributed by atoms with Crippen LogP contribution in [-0.4, -0.2) is 59.0 Å². The van der Waals surface area contributed by atoms with Crippen molar-refractivity contribution in [1.29, 1.82) is 0 Å². The molecule has 3 rings (SSSR count). The van der Waals surface area contributed by atoms with Crippen molar-refractivity contribution < 1.29 is 9.47 Å². The number of nitrogens with zero attached hydrogens (tertiary/aromatic N) is 3. The van der Waals surface area contributed by atoms with Gasteiger partial charge in [-0.1, -0.05) is 0 Å². The monoisotopic (exact) mass is 306 g/mol. The largest absolute Gasteiger partial charge is 0.385 e. The van der Waals surface area contributed by atoms with Gasteiger partial charge in [0.05, 0.1) is 18.4 Å². The van der Waals surface area contributed by atoms with Crippen LogP contribution in [0.15, 0.2) is 16.9 Å². The van der Waals surface area contributed by atoms with Gasteiger partial charge in [0, 0.05) is 51.2 Å². The van der Waals surface area contributed by atoms with Gasteiger partial charge >= 0.3 is 0 Å². The van der Waals surface area contributed by atoms with E-state index in [2.05, 4.69) is 15.0 Å². The number of ether oxygens (including phenoxy) is 2. The third-order valence-electron chi connectivity index (χ3n) is 3.88. The first-order valence-electron chi connectivity index (χ1n) is 7.57. The lowest BCUT2D eigenvalue weighted by Crippen LogP contribution is -2.42. The summed E-state index contributed by atoms with van der Waals surface area (Å²) in [5.74, 6) is 0. The summed E-state index contributed by atoms with van der Waals surface area (Å²) in [6.07, 6.45) is 1.08. The summed E-state index contributed by atoms with van der Waals surface area (Å²) < 4.78 is 12.3. The number of methoxy groups -OCH3 is 1. The van der Waals surface area contributed by atoms with E-state index in [4.69, 9.17) is 9.47 Å². The molecule has 0 amide bonds. The van der Waals surface area contributed by atoms with Crippen molar-refractivity contribution in [2.75, 3.05) is 33.4 Å². The maximum Gasteiger partial charge on any atom is 0.272 e. The highest BCUT2D eigenvalue weighted by molar-refractivity contribution is 5.39. The first-order valence-corrected chi connectivity index (χ1v) is 7.57. The fourth-order valence-electron chi connectivity index (χ4n) is 2.82. The second-order valence-electron chi connectivity index (χ2n) is 5.73. The molecule has 0 aromatic carbocycles. The third-order valence-corrected chi connectivity index (χ3v) is 3.88. The molecule has 120 valence electrons. The zero-order valence-corrected chi connectivity index (χ0v) is 13.0. The van der Waals surface area contributed by atoms with Gasteiger partial charge in [-0.3, -0.25) is 14.8 Å². The highest BCUT2D eigenvalue weighted by Gasteiger charge is 2.21. The van der Waals surface area contributed by atoms with Crippen molar-refractivity contribution in [3.05, 3.63) is 33.9 Å². The molecule has 0 spiro atoms. The quantitative estimate of drug-likeness (QED) is 0.874. The number of aromatic nitrogens is 3. The molecule has 0 radical (unpaired) electrons. The van der Waals surface area contributed by atoms with Crippen molar-refractivity contribution in [3.63, 3.8) is 0 Å². The first kappa shape index (κ1) is 15.2. The molecule has 1 N–H and O–H groups in total. The number of H-pyrrole nitrogens is 1. The van der Waals surface area contributed by atoms with Gasteiger partial charge in [-0.25, -0.2) is 9.50 Å². The summed E-state index contributed by atoms with van der Waals surface area (Å²) in [4.78, 5) is 18.9. The Morgan fingerprint density at radius 3 is 3.18 bits per heavy atom. The number of nitrogens with one attached hydrogen (secondary N) is 1. The van der Waals surface area contributed by atoms with E-state index in [1.54, 1.807) is 13.2 Å². The first-order chi connectivity index (χ1) is 10.7. The second-order valence-corrected chi connectivity index (χ2v) is 5.73. The minimum absolute atomic E-state index is 0.0720. The van der Waals surface area contributed by atoms with Crippen LogP contribution in [0, 0.1) is 6.92 Å². The van der Waals surface area contributed by atoms with Gasteiger partial charge in [0.2, 0.25) is 0 Å². The van der Waals surface area contributed by atoms with Gasteiger partial charge in [0.25, 0.3) is 5.56 Å². The van der Waals surface area contributed by atoms with Crippen LogP contribution in [0.5, 0.6) is 0 Å². The number of rotatable bonds is 5. The Bertz CT molecular complexity index is 694. The van der Waals surface area contributed by atoms with E-state index < -0.39 is 0 Å². The summed E-state index contributed by atoms with van der Waals surface area (Å²) in [7, 11) is 1.70. The highest BCUT2D eigenvalue weighted by Crippen LogP contribution is 2.12. The average Bonchev–Trinajstić information content (AvgIpc) is 2.86. The molecule has 22 heavy (non-hydrogen) atoms. The zero-order valence-electron chi connectivity index (χ0n) is 13.0.